The number of halogens is 1. The Bertz CT molecular complexity index is 763. The fourth-order valence-electron chi connectivity index (χ4n) is 2.27. The summed E-state index contributed by atoms with van der Waals surface area (Å²) >= 11 is 0. The van der Waals surface area contributed by atoms with Crippen LogP contribution in [0.2, 0.25) is 0 Å². The van der Waals surface area contributed by atoms with E-state index in [0.717, 1.165) is 23.9 Å². The van der Waals surface area contributed by atoms with Crippen molar-refractivity contribution in [2.45, 2.75) is 20.0 Å². The van der Waals surface area contributed by atoms with Crippen LogP contribution in [0.5, 0.6) is 5.75 Å². The molecule has 0 spiro atoms. The van der Waals surface area contributed by atoms with Crippen molar-refractivity contribution in [3.8, 4) is 5.75 Å². The molecule has 1 aromatic heterocycles. The molecular formula is C17H26IN7O2. The number of nitrogens with zero attached hydrogens (tertiary/aromatic N) is 5. The van der Waals surface area contributed by atoms with Crippen LogP contribution in [-0.4, -0.2) is 51.7 Å². The number of carbonyl (C=O) groups excluding carboxylic acids is 1. The van der Waals surface area contributed by atoms with E-state index in [-0.39, 0.29) is 30.6 Å². The second kappa shape index (κ2) is 11.4. The van der Waals surface area contributed by atoms with Gasteiger partial charge in [-0.2, -0.15) is 5.10 Å². The summed E-state index contributed by atoms with van der Waals surface area (Å²) in [7, 11) is 3.81. The Morgan fingerprint density at radius 1 is 1.44 bits per heavy atom. The third kappa shape index (κ3) is 7.41. The number of ether oxygens (including phenoxy) is 1. The molecule has 2 rings (SSSR count). The predicted octanol–water partition coefficient (Wildman–Crippen LogP) is 0.895. The highest BCUT2D eigenvalue weighted by molar-refractivity contribution is 14.0. The molecule has 0 unspecified atom stereocenters. The summed E-state index contributed by atoms with van der Waals surface area (Å²) < 4.78 is 7.06. The summed E-state index contributed by atoms with van der Waals surface area (Å²) in [5.74, 6) is 1.70. The number of aryl methyl sites for hydroxylation is 1. The zero-order valence-electron chi connectivity index (χ0n) is 15.8. The van der Waals surface area contributed by atoms with E-state index in [4.69, 9.17) is 10.5 Å². The lowest BCUT2D eigenvalue weighted by Crippen LogP contribution is -2.39. The van der Waals surface area contributed by atoms with Crippen molar-refractivity contribution in [1.29, 1.82) is 0 Å². The van der Waals surface area contributed by atoms with E-state index in [2.05, 4.69) is 20.4 Å². The molecule has 0 aliphatic rings. The number of aliphatic imine (C=N–C) groups is 1. The monoisotopic (exact) mass is 487 g/mol. The summed E-state index contributed by atoms with van der Waals surface area (Å²) in [4.78, 5) is 21.7. The second-order valence-corrected chi connectivity index (χ2v) is 5.73. The van der Waals surface area contributed by atoms with Gasteiger partial charge in [-0.15, -0.1) is 24.0 Å². The van der Waals surface area contributed by atoms with Crippen molar-refractivity contribution in [3.63, 3.8) is 0 Å². The van der Waals surface area contributed by atoms with Gasteiger partial charge >= 0.3 is 0 Å². The lowest BCUT2D eigenvalue weighted by molar-refractivity contribution is -0.119. The van der Waals surface area contributed by atoms with Crippen molar-refractivity contribution in [2.24, 2.45) is 17.8 Å². The van der Waals surface area contributed by atoms with Gasteiger partial charge in [0, 0.05) is 20.6 Å². The van der Waals surface area contributed by atoms with E-state index in [0.29, 0.717) is 18.8 Å². The molecule has 1 amide bonds. The average Bonchev–Trinajstić information content (AvgIpc) is 3.02. The van der Waals surface area contributed by atoms with Crippen molar-refractivity contribution in [3.05, 3.63) is 42.0 Å². The number of hydrogen-bond acceptors (Lipinski definition) is 5. The third-order valence-corrected chi connectivity index (χ3v) is 3.57. The van der Waals surface area contributed by atoms with Gasteiger partial charge in [0.25, 0.3) is 5.91 Å². The van der Waals surface area contributed by atoms with Crippen LogP contribution in [0.3, 0.4) is 0 Å². The first-order valence-electron chi connectivity index (χ1n) is 8.32. The molecular weight excluding hydrogens is 461 g/mol. The molecule has 2 aromatic rings. The summed E-state index contributed by atoms with van der Waals surface area (Å²) in [5, 5.41) is 7.35. The summed E-state index contributed by atoms with van der Waals surface area (Å²) in [6.07, 6.45) is 1.53. The third-order valence-electron chi connectivity index (χ3n) is 3.57. The second-order valence-electron chi connectivity index (χ2n) is 5.73. The van der Waals surface area contributed by atoms with Crippen LogP contribution in [0.15, 0.2) is 35.6 Å². The average molecular weight is 487 g/mol. The minimum absolute atomic E-state index is 0. The standard InChI is InChI=1S/C17H25N7O2.HI/c1-4-19-17(23(2)10-16-21-12-22-24(16)3)20-9-13-6-5-7-14(8-13)26-11-15(18)25;/h5-8,12H,4,9-11H2,1-3H3,(H2,18,25)(H,19,20);1H. The predicted molar refractivity (Wildman–Crippen MR) is 114 cm³/mol. The maximum absolute atomic E-state index is 10.8. The highest BCUT2D eigenvalue weighted by Gasteiger charge is 2.10. The minimum atomic E-state index is -0.506. The van der Waals surface area contributed by atoms with Crippen LogP contribution in [0.1, 0.15) is 18.3 Å². The van der Waals surface area contributed by atoms with Crippen molar-refractivity contribution >= 4 is 35.8 Å². The van der Waals surface area contributed by atoms with Gasteiger partial charge in [0.1, 0.15) is 17.9 Å². The van der Waals surface area contributed by atoms with Gasteiger partial charge in [-0.05, 0) is 24.6 Å². The quantitative estimate of drug-likeness (QED) is 0.325. The molecule has 27 heavy (non-hydrogen) atoms. The number of primary amides is 1. The van der Waals surface area contributed by atoms with Gasteiger partial charge in [-0.1, -0.05) is 12.1 Å². The smallest absolute Gasteiger partial charge is 0.255 e. The summed E-state index contributed by atoms with van der Waals surface area (Å²) in [6.45, 7) is 3.69. The fourth-order valence-corrected chi connectivity index (χ4v) is 2.27. The molecule has 10 heteroatoms. The molecule has 0 saturated heterocycles. The highest BCUT2D eigenvalue weighted by atomic mass is 127. The number of amides is 1. The summed E-state index contributed by atoms with van der Waals surface area (Å²) in [6, 6.07) is 7.43. The molecule has 1 heterocycles. The molecule has 0 bridgehead atoms. The Kier molecular flexibility index (Phi) is 9.54. The van der Waals surface area contributed by atoms with E-state index >= 15 is 0 Å². The molecule has 0 fully saturated rings. The molecule has 0 aliphatic carbocycles. The van der Waals surface area contributed by atoms with Crippen LogP contribution in [0, 0.1) is 0 Å². The van der Waals surface area contributed by atoms with E-state index in [9.17, 15) is 4.79 Å². The van der Waals surface area contributed by atoms with Gasteiger partial charge < -0.3 is 20.7 Å². The normalized spacial score (nSPS) is 10.9. The number of carbonyl (C=O) groups is 1. The number of nitrogens with one attached hydrogen (secondary N) is 1. The van der Waals surface area contributed by atoms with Gasteiger partial charge in [0.15, 0.2) is 12.6 Å². The van der Waals surface area contributed by atoms with Crippen molar-refractivity contribution in [1.82, 2.24) is 25.0 Å². The van der Waals surface area contributed by atoms with Crippen LogP contribution >= 0.6 is 24.0 Å². The van der Waals surface area contributed by atoms with Gasteiger partial charge in [0.2, 0.25) is 0 Å². The fraction of sp³-hybridized carbons (Fsp3) is 0.412. The largest absolute Gasteiger partial charge is 0.484 e. The zero-order chi connectivity index (χ0) is 18.9. The number of hydrogen-bond donors (Lipinski definition) is 2. The van der Waals surface area contributed by atoms with Gasteiger partial charge in [-0.25, -0.2) is 9.98 Å². The Hall–Kier alpha value is -2.37. The van der Waals surface area contributed by atoms with E-state index in [1.165, 1.54) is 6.33 Å². The maximum atomic E-state index is 10.8. The number of guanidine groups is 1. The summed E-state index contributed by atoms with van der Waals surface area (Å²) in [5.41, 5.74) is 6.07. The molecule has 0 radical (unpaired) electrons. The molecule has 1 aromatic carbocycles. The maximum Gasteiger partial charge on any atom is 0.255 e. The zero-order valence-corrected chi connectivity index (χ0v) is 18.1. The van der Waals surface area contributed by atoms with E-state index < -0.39 is 5.91 Å². The minimum Gasteiger partial charge on any atom is -0.484 e. The molecule has 148 valence electrons. The molecule has 9 nitrogen and oxygen atoms in total. The highest BCUT2D eigenvalue weighted by Crippen LogP contribution is 2.14. The molecule has 3 N–H and O–H groups in total. The number of nitrogens with two attached hydrogens (primary N) is 1. The lowest BCUT2D eigenvalue weighted by Gasteiger charge is -2.21. The first-order valence-corrected chi connectivity index (χ1v) is 8.32. The van der Waals surface area contributed by atoms with Crippen molar-refractivity contribution in [2.75, 3.05) is 20.2 Å². The Morgan fingerprint density at radius 3 is 2.85 bits per heavy atom. The number of rotatable bonds is 8. The van der Waals surface area contributed by atoms with Crippen molar-refractivity contribution < 1.29 is 9.53 Å². The first-order chi connectivity index (χ1) is 12.5. The first kappa shape index (κ1) is 22.7. The van der Waals surface area contributed by atoms with Crippen LogP contribution < -0.4 is 15.8 Å². The van der Waals surface area contributed by atoms with Crippen LogP contribution in [-0.2, 0) is 24.9 Å². The molecule has 0 aliphatic heterocycles. The lowest BCUT2D eigenvalue weighted by atomic mass is 10.2. The molecule has 0 atom stereocenters. The van der Waals surface area contributed by atoms with Crippen LogP contribution in [0.25, 0.3) is 0 Å². The van der Waals surface area contributed by atoms with E-state index in [1.54, 1.807) is 10.7 Å². The Morgan fingerprint density at radius 2 is 2.22 bits per heavy atom. The Labute approximate surface area is 176 Å². The Balaban J connectivity index is 0.00000364. The SMILES string of the molecule is CCNC(=NCc1cccc(OCC(N)=O)c1)N(C)Cc1ncnn1C.I. The van der Waals surface area contributed by atoms with Gasteiger partial charge in [0.05, 0.1) is 13.1 Å². The number of aromatic nitrogens is 3. The number of benzene rings is 1. The molecule has 0 saturated carbocycles. The topological polar surface area (TPSA) is 111 Å². The van der Waals surface area contributed by atoms with Gasteiger partial charge in [-0.3, -0.25) is 9.48 Å². The van der Waals surface area contributed by atoms with Crippen LogP contribution in [0.4, 0.5) is 0 Å². The van der Waals surface area contributed by atoms with E-state index in [1.807, 2.05) is 44.1 Å².